The molecule has 1 fully saturated rings. The van der Waals surface area contributed by atoms with E-state index in [1.54, 1.807) is 41.3 Å². The van der Waals surface area contributed by atoms with Gasteiger partial charge in [-0.1, -0.05) is 24.3 Å². The number of hydrogen-bond acceptors (Lipinski definition) is 4. The second-order valence-corrected chi connectivity index (χ2v) is 11.6. The number of rotatable bonds is 5. The number of fused-ring (bicyclic) bond motifs is 1. The molecular weight excluding hydrogens is 496 g/mol. The fourth-order valence-corrected chi connectivity index (χ4v) is 6.77. The summed E-state index contributed by atoms with van der Waals surface area (Å²) in [6.45, 7) is 4.05. The van der Waals surface area contributed by atoms with Gasteiger partial charge in [0, 0.05) is 37.8 Å². The molecule has 1 atom stereocenters. The fraction of sp³-hybridized carbons (Fsp3) is 0.321. The van der Waals surface area contributed by atoms with Gasteiger partial charge in [0.15, 0.2) is 0 Å². The third kappa shape index (κ3) is 5.10. The van der Waals surface area contributed by atoms with Crippen molar-refractivity contribution in [3.63, 3.8) is 0 Å². The largest absolute Gasteiger partial charge is 0.336 e. The van der Waals surface area contributed by atoms with E-state index in [0.29, 0.717) is 43.9 Å². The third-order valence-electron chi connectivity index (χ3n) is 7.17. The molecule has 0 bridgehead atoms. The molecule has 2 aliphatic rings. The van der Waals surface area contributed by atoms with E-state index in [9.17, 15) is 22.0 Å². The van der Waals surface area contributed by atoms with Crippen molar-refractivity contribution in [3.05, 3.63) is 101 Å². The SMILES string of the molecule is CC1Cc2cc(C(=O)N3CCN(C(c4ccc(F)cc4)c4ccc(F)cc4)CC3)ccc2N1S(C)(=O)=O. The van der Waals surface area contributed by atoms with Crippen molar-refractivity contribution >= 4 is 21.6 Å². The van der Waals surface area contributed by atoms with Crippen LogP contribution in [0.2, 0.25) is 0 Å². The zero-order valence-corrected chi connectivity index (χ0v) is 21.6. The lowest BCUT2D eigenvalue weighted by Gasteiger charge is -2.40. The van der Waals surface area contributed by atoms with Gasteiger partial charge < -0.3 is 4.90 Å². The summed E-state index contributed by atoms with van der Waals surface area (Å²) in [5, 5.41) is 0. The van der Waals surface area contributed by atoms with Crippen LogP contribution in [0, 0.1) is 11.6 Å². The van der Waals surface area contributed by atoms with Gasteiger partial charge in [-0.15, -0.1) is 0 Å². The summed E-state index contributed by atoms with van der Waals surface area (Å²) in [5.41, 5.74) is 3.84. The second kappa shape index (κ2) is 9.87. The van der Waals surface area contributed by atoms with E-state index >= 15 is 0 Å². The number of hydrogen-bond donors (Lipinski definition) is 0. The molecule has 0 spiro atoms. The Labute approximate surface area is 216 Å². The summed E-state index contributed by atoms with van der Waals surface area (Å²) >= 11 is 0. The molecule has 3 aromatic carbocycles. The van der Waals surface area contributed by atoms with Gasteiger partial charge in [0.05, 0.1) is 18.0 Å². The first-order valence-electron chi connectivity index (χ1n) is 12.3. The van der Waals surface area contributed by atoms with Crippen LogP contribution in [-0.2, 0) is 16.4 Å². The molecule has 1 unspecified atom stereocenters. The molecule has 2 aliphatic heterocycles. The molecule has 1 amide bonds. The van der Waals surface area contributed by atoms with Gasteiger partial charge in [-0.05, 0) is 72.5 Å². The average molecular weight is 526 g/mol. The molecule has 0 N–H and O–H groups in total. The monoisotopic (exact) mass is 525 g/mol. The number of carbonyl (C=O) groups is 1. The molecule has 0 radical (unpaired) electrons. The zero-order chi connectivity index (χ0) is 26.3. The second-order valence-electron chi connectivity index (χ2n) is 9.79. The molecule has 1 saturated heterocycles. The van der Waals surface area contributed by atoms with Crippen molar-refractivity contribution < 1.29 is 22.0 Å². The molecule has 0 aliphatic carbocycles. The van der Waals surface area contributed by atoms with Crippen LogP contribution in [0.25, 0.3) is 0 Å². The minimum atomic E-state index is -3.39. The lowest BCUT2D eigenvalue weighted by Crippen LogP contribution is -2.49. The molecule has 9 heteroatoms. The Kier molecular flexibility index (Phi) is 6.76. The highest BCUT2D eigenvalue weighted by atomic mass is 32.2. The predicted molar refractivity (Wildman–Crippen MR) is 139 cm³/mol. The van der Waals surface area contributed by atoms with Crippen molar-refractivity contribution in [3.8, 4) is 0 Å². The van der Waals surface area contributed by atoms with E-state index in [1.807, 2.05) is 13.0 Å². The average Bonchev–Trinajstić information content (AvgIpc) is 3.22. The number of nitrogens with zero attached hydrogens (tertiary/aromatic N) is 3. The smallest absolute Gasteiger partial charge is 0.253 e. The lowest BCUT2D eigenvalue weighted by atomic mass is 9.96. The summed E-state index contributed by atoms with van der Waals surface area (Å²) in [6, 6.07) is 17.5. The summed E-state index contributed by atoms with van der Waals surface area (Å²) in [6.07, 6.45) is 1.76. The quantitative estimate of drug-likeness (QED) is 0.501. The van der Waals surface area contributed by atoms with Crippen LogP contribution in [0.1, 0.15) is 40.0 Å². The van der Waals surface area contributed by atoms with Crippen LogP contribution in [0.15, 0.2) is 66.7 Å². The highest BCUT2D eigenvalue weighted by Gasteiger charge is 2.34. The Bertz CT molecular complexity index is 1360. The molecule has 0 aromatic heterocycles. The Hall–Kier alpha value is -3.30. The lowest BCUT2D eigenvalue weighted by molar-refractivity contribution is 0.0597. The van der Waals surface area contributed by atoms with Gasteiger partial charge in [-0.3, -0.25) is 14.0 Å². The van der Waals surface area contributed by atoms with Crippen LogP contribution in [0.3, 0.4) is 0 Å². The number of piperazine rings is 1. The molecule has 194 valence electrons. The van der Waals surface area contributed by atoms with Crippen LogP contribution < -0.4 is 4.31 Å². The topological polar surface area (TPSA) is 60.9 Å². The van der Waals surface area contributed by atoms with Crippen LogP contribution >= 0.6 is 0 Å². The van der Waals surface area contributed by atoms with E-state index < -0.39 is 10.0 Å². The standard InChI is InChI=1S/C28H29F2N3O3S/c1-19-17-23-18-22(7-12-26(23)33(19)37(2,35)36)28(34)32-15-13-31(14-16-32)27(20-3-8-24(29)9-4-20)21-5-10-25(30)11-6-21/h3-12,18-19,27H,13-17H2,1-2H3. The van der Waals surface area contributed by atoms with Crippen molar-refractivity contribution in [2.24, 2.45) is 0 Å². The minimum absolute atomic E-state index is 0.0898. The molecule has 0 saturated carbocycles. The molecule has 3 aromatic rings. The number of halogens is 2. The number of sulfonamides is 1. The maximum Gasteiger partial charge on any atom is 0.253 e. The molecule has 2 heterocycles. The highest BCUT2D eigenvalue weighted by Crippen LogP contribution is 2.35. The highest BCUT2D eigenvalue weighted by molar-refractivity contribution is 7.92. The Morgan fingerprint density at radius 2 is 1.41 bits per heavy atom. The van der Waals surface area contributed by atoms with E-state index in [0.717, 1.165) is 16.7 Å². The van der Waals surface area contributed by atoms with Gasteiger partial charge in [0.2, 0.25) is 10.0 Å². The first-order chi connectivity index (χ1) is 17.6. The molecular formula is C28H29F2N3O3S. The maximum atomic E-state index is 13.6. The Morgan fingerprint density at radius 1 is 0.865 bits per heavy atom. The first-order valence-corrected chi connectivity index (χ1v) is 14.1. The molecule has 37 heavy (non-hydrogen) atoms. The van der Waals surface area contributed by atoms with Crippen molar-refractivity contribution in [1.82, 2.24) is 9.80 Å². The predicted octanol–water partition coefficient (Wildman–Crippen LogP) is 4.22. The van der Waals surface area contributed by atoms with Gasteiger partial charge in [0.25, 0.3) is 5.91 Å². The van der Waals surface area contributed by atoms with Crippen LogP contribution in [0.5, 0.6) is 0 Å². The third-order valence-corrected chi connectivity index (χ3v) is 8.45. The van der Waals surface area contributed by atoms with E-state index in [4.69, 9.17) is 0 Å². The molecule has 6 nitrogen and oxygen atoms in total. The molecule has 5 rings (SSSR count). The van der Waals surface area contributed by atoms with Gasteiger partial charge >= 0.3 is 0 Å². The van der Waals surface area contributed by atoms with Crippen molar-refractivity contribution in [2.75, 3.05) is 36.7 Å². The zero-order valence-electron chi connectivity index (χ0n) is 20.8. The summed E-state index contributed by atoms with van der Waals surface area (Å²) < 4.78 is 53.0. The number of carbonyl (C=O) groups excluding carboxylic acids is 1. The Balaban J connectivity index is 1.33. The van der Waals surface area contributed by atoms with Crippen molar-refractivity contribution in [1.29, 1.82) is 0 Å². The fourth-order valence-electron chi connectivity index (χ4n) is 5.51. The minimum Gasteiger partial charge on any atom is -0.336 e. The number of benzene rings is 3. The number of amides is 1. The maximum absolute atomic E-state index is 13.6. The first kappa shape index (κ1) is 25.4. The summed E-state index contributed by atoms with van der Waals surface area (Å²) in [7, 11) is -3.39. The van der Waals surface area contributed by atoms with Gasteiger partial charge in [0.1, 0.15) is 11.6 Å². The normalized spacial score (nSPS) is 18.4. The van der Waals surface area contributed by atoms with E-state index in [2.05, 4.69) is 4.90 Å². The van der Waals surface area contributed by atoms with E-state index in [1.165, 1.54) is 34.8 Å². The van der Waals surface area contributed by atoms with E-state index in [-0.39, 0.29) is 29.6 Å². The van der Waals surface area contributed by atoms with Gasteiger partial charge in [-0.2, -0.15) is 0 Å². The van der Waals surface area contributed by atoms with Gasteiger partial charge in [-0.25, -0.2) is 17.2 Å². The summed E-state index contributed by atoms with van der Waals surface area (Å²) in [4.78, 5) is 17.4. The number of anilines is 1. The summed E-state index contributed by atoms with van der Waals surface area (Å²) in [5.74, 6) is -0.728. The van der Waals surface area contributed by atoms with Crippen LogP contribution in [0.4, 0.5) is 14.5 Å². The van der Waals surface area contributed by atoms with Crippen LogP contribution in [-0.4, -0.2) is 62.6 Å². The van der Waals surface area contributed by atoms with Crippen molar-refractivity contribution in [2.45, 2.75) is 25.4 Å². The Morgan fingerprint density at radius 3 is 1.92 bits per heavy atom.